The Morgan fingerprint density at radius 3 is 2.71 bits per heavy atom. The Morgan fingerprint density at radius 1 is 1.29 bits per heavy atom. The standard InChI is InChI=1S/C17H19NO3/c19-15-6-1-13(2-7-15)5-10-17(21)18-12-11-14-3-8-16(20)9-4-14/h1,3-10,13,19-20H,2,11-12H2,(H,18,21). The number of aromatic hydroxyl groups is 1. The summed E-state index contributed by atoms with van der Waals surface area (Å²) in [5.74, 6) is 0.550. The summed E-state index contributed by atoms with van der Waals surface area (Å²) in [6.45, 7) is 0.551. The molecule has 0 bridgehead atoms. The molecule has 0 aliphatic heterocycles. The van der Waals surface area contributed by atoms with E-state index in [-0.39, 0.29) is 23.3 Å². The van der Waals surface area contributed by atoms with E-state index < -0.39 is 0 Å². The monoisotopic (exact) mass is 285 g/mol. The van der Waals surface area contributed by atoms with E-state index in [1.807, 2.05) is 24.3 Å². The first kappa shape index (κ1) is 14.9. The highest BCUT2D eigenvalue weighted by Crippen LogP contribution is 2.15. The van der Waals surface area contributed by atoms with E-state index in [1.54, 1.807) is 24.3 Å². The minimum atomic E-state index is -0.124. The van der Waals surface area contributed by atoms with E-state index in [0.717, 1.165) is 12.0 Å². The molecule has 1 aliphatic rings. The molecule has 2 rings (SSSR count). The van der Waals surface area contributed by atoms with Gasteiger partial charge < -0.3 is 15.5 Å². The Hall–Kier alpha value is -2.49. The van der Waals surface area contributed by atoms with Gasteiger partial charge in [-0.05, 0) is 54.7 Å². The molecular weight excluding hydrogens is 266 g/mol. The van der Waals surface area contributed by atoms with Gasteiger partial charge in [-0.3, -0.25) is 4.79 Å². The minimum absolute atomic E-state index is 0.124. The van der Waals surface area contributed by atoms with Gasteiger partial charge in [-0.2, -0.15) is 0 Å². The van der Waals surface area contributed by atoms with Crippen LogP contribution in [0, 0.1) is 5.92 Å². The van der Waals surface area contributed by atoms with Gasteiger partial charge in [0.15, 0.2) is 0 Å². The Balaban J connectivity index is 1.70. The average Bonchev–Trinajstić information content (AvgIpc) is 2.49. The number of rotatable bonds is 5. The fourth-order valence-corrected chi connectivity index (χ4v) is 2.03. The molecule has 1 aromatic rings. The Bertz CT molecular complexity index is 570. The first-order chi connectivity index (χ1) is 10.1. The van der Waals surface area contributed by atoms with Gasteiger partial charge in [-0.25, -0.2) is 0 Å². The van der Waals surface area contributed by atoms with E-state index in [9.17, 15) is 15.0 Å². The normalized spacial score (nSPS) is 17.7. The summed E-state index contributed by atoms with van der Waals surface area (Å²) in [4.78, 5) is 11.7. The first-order valence-corrected chi connectivity index (χ1v) is 6.95. The lowest BCUT2D eigenvalue weighted by molar-refractivity contribution is -0.116. The summed E-state index contributed by atoms with van der Waals surface area (Å²) in [6.07, 6.45) is 10.0. The fourth-order valence-electron chi connectivity index (χ4n) is 2.03. The molecule has 4 heteroatoms. The van der Waals surface area contributed by atoms with Crippen LogP contribution in [0.5, 0.6) is 5.75 Å². The predicted octanol–water partition coefficient (Wildman–Crippen LogP) is 2.63. The number of carbonyl (C=O) groups is 1. The number of allylic oxidation sites excluding steroid dienone is 4. The highest BCUT2D eigenvalue weighted by atomic mass is 16.3. The molecule has 1 atom stereocenters. The van der Waals surface area contributed by atoms with E-state index in [1.165, 1.54) is 6.08 Å². The molecular formula is C17H19NO3. The molecule has 4 nitrogen and oxygen atoms in total. The van der Waals surface area contributed by atoms with Gasteiger partial charge in [0.1, 0.15) is 11.5 Å². The highest BCUT2D eigenvalue weighted by molar-refractivity contribution is 5.87. The smallest absolute Gasteiger partial charge is 0.243 e. The zero-order valence-electron chi connectivity index (χ0n) is 11.7. The molecule has 21 heavy (non-hydrogen) atoms. The van der Waals surface area contributed by atoms with Gasteiger partial charge in [-0.15, -0.1) is 0 Å². The molecule has 0 spiro atoms. The van der Waals surface area contributed by atoms with E-state index in [0.29, 0.717) is 13.0 Å². The average molecular weight is 285 g/mol. The lowest BCUT2D eigenvalue weighted by Gasteiger charge is -2.09. The number of nitrogens with one attached hydrogen (secondary N) is 1. The molecule has 0 heterocycles. The summed E-state index contributed by atoms with van der Waals surface area (Å²) in [7, 11) is 0. The zero-order valence-corrected chi connectivity index (χ0v) is 11.7. The molecule has 3 N–H and O–H groups in total. The fraction of sp³-hybridized carbons (Fsp3) is 0.235. The first-order valence-electron chi connectivity index (χ1n) is 6.95. The summed E-state index contributed by atoms with van der Waals surface area (Å²) < 4.78 is 0. The van der Waals surface area contributed by atoms with Crippen molar-refractivity contribution in [3.63, 3.8) is 0 Å². The lowest BCUT2D eigenvalue weighted by atomic mass is 10.00. The number of hydrogen-bond acceptors (Lipinski definition) is 3. The Morgan fingerprint density at radius 2 is 2.05 bits per heavy atom. The van der Waals surface area contributed by atoms with Crippen LogP contribution >= 0.6 is 0 Å². The molecule has 0 saturated heterocycles. The van der Waals surface area contributed by atoms with Crippen LogP contribution in [0.3, 0.4) is 0 Å². The van der Waals surface area contributed by atoms with Crippen molar-refractivity contribution >= 4 is 5.91 Å². The van der Waals surface area contributed by atoms with Gasteiger partial charge >= 0.3 is 0 Å². The third-order valence-electron chi connectivity index (χ3n) is 3.26. The van der Waals surface area contributed by atoms with E-state index in [4.69, 9.17) is 0 Å². The van der Waals surface area contributed by atoms with Gasteiger partial charge in [0.2, 0.25) is 5.91 Å². The van der Waals surface area contributed by atoms with Crippen LogP contribution < -0.4 is 5.32 Å². The van der Waals surface area contributed by atoms with Crippen LogP contribution in [0.25, 0.3) is 0 Å². The number of phenols is 1. The third kappa shape index (κ3) is 5.18. The maximum absolute atomic E-state index is 11.7. The maximum Gasteiger partial charge on any atom is 0.243 e. The lowest BCUT2D eigenvalue weighted by Crippen LogP contribution is -2.23. The van der Waals surface area contributed by atoms with Crippen molar-refractivity contribution in [2.75, 3.05) is 6.54 Å². The number of carbonyl (C=O) groups excluding carboxylic acids is 1. The molecule has 1 amide bonds. The van der Waals surface area contributed by atoms with Crippen LogP contribution in [-0.2, 0) is 11.2 Å². The minimum Gasteiger partial charge on any atom is -0.508 e. The summed E-state index contributed by atoms with van der Waals surface area (Å²) >= 11 is 0. The van der Waals surface area contributed by atoms with Gasteiger partial charge in [0, 0.05) is 6.54 Å². The number of benzene rings is 1. The van der Waals surface area contributed by atoms with E-state index >= 15 is 0 Å². The summed E-state index contributed by atoms with van der Waals surface area (Å²) in [5.41, 5.74) is 1.06. The van der Waals surface area contributed by atoms with Gasteiger partial charge in [0.25, 0.3) is 0 Å². The quantitative estimate of drug-likeness (QED) is 0.728. The second-order valence-corrected chi connectivity index (χ2v) is 4.95. The molecule has 1 unspecified atom stereocenters. The third-order valence-corrected chi connectivity index (χ3v) is 3.26. The van der Waals surface area contributed by atoms with Gasteiger partial charge in [-0.1, -0.05) is 24.3 Å². The number of amides is 1. The molecule has 0 fully saturated rings. The molecule has 110 valence electrons. The molecule has 0 radical (unpaired) electrons. The van der Waals surface area contributed by atoms with E-state index in [2.05, 4.69) is 5.32 Å². The van der Waals surface area contributed by atoms with Crippen molar-refractivity contribution in [2.45, 2.75) is 12.8 Å². The van der Waals surface area contributed by atoms with Crippen molar-refractivity contribution in [3.05, 3.63) is 66.0 Å². The van der Waals surface area contributed by atoms with Crippen molar-refractivity contribution in [1.29, 1.82) is 0 Å². The second-order valence-electron chi connectivity index (χ2n) is 4.95. The number of aliphatic hydroxyl groups is 1. The van der Waals surface area contributed by atoms with Crippen LogP contribution in [0.2, 0.25) is 0 Å². The largest absolute Gasteiger partial charge is 0.508 e. The highest BCUT2D eigenvalue weighted by Gasteiger charge is 2.05. The molecule has 1 aliphatic carbocycles. The number of phenolic OH excluding ortho intramolecular Hbond substituents is 1. The van der Waals surface area contributed by atoms with Crippen LogP contribution in [0.1, 0.15) is 12.0 Å². The second kappa shape index (κ2) is 7.33. The van der Waals surface area contributed by atoms with Gasteiger partial charge in [0.05, 0.1) is 0 Å². The van der Waals surface area contributed by atoms with Crippen molar-refractivity contribution < 1.29 is 15.0 Å². The Kier molecular flexibility index (Phi) is 5.21. The van der Waals surface area contributed by atoms with Crippen molar-refractivity contribution in [1.82, 2.24) is 5.32 Å². The maximum atomic E-state index is 11.7. The molecule has 0 saturated carbocycles. The summed E-state index contributed by atoms with van der Waals surface area (Å²) in [5, 5.41) is 21.2. The topological polar surface area (TPSA) is 69.6 Å². The molecule has 1 aromatic carbocycles. The molecule has 0 aromatic heterocycles. The SMILES string of the molecule is O=C(C=CC1C=CC(O)=CC1)NCCc1ccc(O)cc1. The predicted molar refractivity (Wildman–Crippen MR) is 81.9 cm³/mol. The Labute approximate surface area is 124 Å². The zero-order chi connectivity index (χ0) is 15.1. The van der Waals surface area contributed by atoms with Crippen molar-refractivity contribution in [2.24, 2.45) is 5.92 Å². The van der Waals surface area contributed by atoms with Crippen molar-refractivity contribution in [3.8, 4) is 5.75 Å². The number of aliphatic hydroxyl groups excluding tert-OH is 1. The van der Waals surface area contributed by atoms with Crippen LogP contribution in [-0.4, -0.2) is 22.7 Å². The summed E-state index contributed by atoms with van der Waals surface area (Å²) in [6, 6.07) is 6.94. The number of hydrogen-bond donors (Lipinski definition) is 3. The van der Waals surface area contributed by atoms with Crippen LogP contribution in [0.15, 0.2) is 60.4 Å². The van der Waals surface area contributed by atoms with Crippen LogP contribution in [0.4, 0.5) is 0 Å².